The first-order valence-corrected chi connectivity index (χ1v) is 6.26. The van der Waals surface area contributed by atoms with Crippen molar-refractivity contribution in [1.29, 1.82) is 0 Å². The summed E-state index contributed by atoms with van der Waals surface area (Å²) in [5.41, 5.74) is -0.643. The minimum absolute atomic E-state index is 0.0385. The number of hydrogen-bond acceptors (Lipinski definition) is 3. The Labute approximate surface area is 109 Å². The molecule has 2 amide bonds. The Morgan fingerprint density at radius 2 is 1.89 bits per heavy atom. The van der Waals surface area contributed by atoms with Crippen molar-refractivity contribution >= 4 is 12.0 Å². The van der Waals surface area contributed by atoms with Crippen LogP contribution in [0.1, 0.15) is 41.5 Å². The number of hydrogen-bond donors (Lipinski definition) is 1. The Morgan fingerprint density at radius 3 is 2.28 bits per heavy atom. The average Bonchev–Trinajstić information content (AvgIpc) is 2.38. The molecule has 1 heterocycles. The lowest BCUT2D eigenvalue weighted by Gasteiger charge is -2.27. The number of nitrogens with zero attached hydrogens (tertiary/aromatic N) is 1. The van der Waals surface area contributed by atoms with Crippen molar-refractivity contribution in [3.63, 3.8) is 0 Å². The second-order valence-corrected chi connectivity index (χ2v) is 6.59. The summed E-state index contributed by atoms with van der Waals surface area (Å²) in [4.78, 5) is 24.9. The van der Waals surface area contributed by atoms with Gasteiger partial charge in [-0.05, 0) is 20.8 Å². The van der Waals surface area contributed by atoms with Crippen LogP contribution >= 0.6 is 0 Å². The van der Waals surface area contributed by atoms with Gasteiger partial charge in [0.05, 0.1) is 6.04 Å². The monoisotopic (exact) mass is 256 g/mol. The topological polar surface area (TPSA) is 58.6 Å². The number of alkyl carbamates (subject to hydrolysis) is 1. The molecule has 1 saturated heterocycles. The van der Waals surface area contributed by atoms with Crippen molar-refractivity contribution in [1.82, 2.24) is 10.2 Å². The second-order valence-electron chi connectivity index (χ2n) is 6.59. The molecular weight excluding hydrogens is 232 g/mol. The maximum Gasteiger partial charge on any atom is 0.407 e. The van der Waals surface area contributed by atoms with Crippen LogP contribution in [0.4, 0.5) is 4.79 Å². The van der Waals surface area contributed by atoms with Crippen LogP contribution in [0.25, 0.3) is 0 Å². The first kappa shape index (κ1) is 14.8. The molecule has 0 spiro atoms. The summed E-state index contributed by atoms with van der Waals surface area (Å²) < 4.78 is 5.24. The van der Waals surface area contributed by atoms with E-state index in [2.05, 4.69) is 5.32 Å². The lowest BCUT2D eigenvalue weighted by molar-refractivity contribution is -0.128. The van der Waals surface area contributed by atoms with E-state index in [0.29, 0.717) is 13.1 Å². The first-order chi connectivity index (χ1) is 8.01. The van der Waals surface area contributed by atoms with E-state index in [-0.39, 0.29) is 17.4 Å². The van der Waals surface area contributed by atoms with Gasteiger partial charge in [-0.15, -0.1) is 0 Å². The van der Waals surface area contributed by atoms with Crippen LogP contribution in [0.3, 0.4) is 0 Å². The van der Waals surface area contributed by atoms with Gasteiger partial charge in [-0.25, -0.2) is 4.79 Å². The summed E-state index contributed by atoms with van der Waals surface area (Å²) >= 11 is 0. The fraction of sp³-hybridized carbons (Fsp3) is 0.846. The molecule has 104 valence electrons. The maximum atomic E-state index is 11.7. The summed E-state index contributed by atoms with van der Waals surface area (Å²) in [7, 11) is 0. The minimum atomic E-state index is -0.507. The molecular formula is C13H24N2O3. The molecule has 1 fully saturated rings. The van der Waals surface area contributed by atoms with Crippen LogP contribution in [0.15, 0.2) is 0 Å². The Balaban J connectivity index is 2.62. The van der Waals surface area contributed by atoms with Crippen LogP contribution in [-0.2, 0) is 9.53 Å². The molecule has 0 aromatic rings. The van der Waals surface area contributed by atoms with Gasteiger partial charge in [0.15, 0.2) is 0 Å². The zero-order chi connectivity index (χ0) is 14.1. The van der Waals surface area contributed by atoms with E-state index >= 15 is 0 Å². The Morgan fingerprint density at radius 1 is 1.33 bits per heavy atom. The Bertz CT molecular complexity index is 345. The molecule has 5 heteroatoms. The van der Waals surface area contributed by atoms with E-state index in [0.717, 1.165) is 0 Å². The highest BCUT2D eigenvalue weighted by molar-refractivity contribution is 5.74. The van der Waals surface area contributed by atoms with Gasteiger partial charge in [0.2, 0.25) is 5.91 Å². The van der Waals surface area contributed by atoms with Crippen molar-refractivity contribution in [3.8, 4) is 0 Å². The fourth-order valence-electron chi connectivity index (χ4n) is 2.06. The quantitative estimate of drug-likeness (QED) is 0.778. The molecule has 0 aromatic heterocycles. The number of rotatable bonds is 1. The summed E-state index contributed by atoms with van der Waals surface area (Å²) in [6.45, 7) is 12.3. The number of ether oxygens (including phenoxy) is 1. The predicted molar refractivity (Wildman–Crippen MR) is 69.2 cm³/mol. The van der Waals surface area contributed by atoms with Crippen molar-refractivity contribution in [2.24, 2.45) is 5.41 Å². The summed E-state index contributed by atoms with van der Waals surface area (Å²) in [5, 5.41) is 2.86. The normalized spacial score (nSPS) is 22.8. The molecule has 0 aliphatic carbocycles. The van der Waals surface area contributed by atoms with Crippen LogP contribution in [0.5, 0.6) is 0 Å². The van der Waals surface area contributed by atoms with Gasteiger partial charge < -0.3 is 15.0 Å². The number of nitrogens with one attached hydrogen (secondary N) is 1. The molecule has 0 aromatic carbocycles. The zero-order valence-electron chi connectivity index (χ0n) is 12.2. The average molecular weight is 256 g/mol. The highest BCUT2D eigenvalue weighted by atomic mass is 16.6. The van der Waals surface area contributed by atoms with E-state index in [1.165, 1.54) is 0 Å². The highest BCUT2D eigenvalue weighted by Crippen LogP contribution is 2.29. The van der Waals surface area contributed by atoms with Crippen molar-refractivity contribution < 1.29 is 14.3 Å². The molecule has 1 aliphatic heterocycles. The molecule has 1 aliphatic rings. The molecule has 18 heavy (non-hydrogen) atoms. The molecule has 1 atom stereocenters. The largest absolute Gasteiger partial charge is 0.444 e. The predicted octanol–water partition coefficient (Wildman–Crippen LogP) is 1.77. The molecule has 0 radical (unpaired) electrons. The van der Waals surface area contributed by atoms with Crippen molar-refractivity contribution in [2.75, 3.05) is 13.1 Å². The summed E-state index contributed by atoms with van der Waals surface area (Å²) in [5.74, 6) is 0.0385. The number of carbonyl (C=O) groups is 2. The fourth-order valence-corrected chi connectivity index (χ4v) is 2.06. The Kier molecular flexibility index (Phi) is 3.93. The molecule has 1 rings (SSSR count). The summed E-state index contributed by atoms with van der Waals surface area (Å²) in [6.07, 6.45) is -0.425. The van der Waals surface area contributed by atoms with E-state index in [9.17, 15) is 9.59 Å². The molecule has 0 saturated carbocycles. The van der Waals surface area contributed by atoms with Gasteiger partial charge in [-0.2, -0.15) is 0 Å². The standard InChI is InChI=1S/C13H24N2O3/c1-9(16)15-7-10(13(5,6)8-15)14-11(17)18-12(2,3)4/h10H,7-8H2,1-6H3,(H,14,17)/t10-/m0/s1. The lowest BCUT2D eigenvalue weighted by Crippen LogP contribution is -2.46. The lowest BCUT2D eigenvalue weighted by atomic mass is 9.88. The van der Waals surface area contributed by atoms with Gasteiger partial charge in [-0.3, -0.25) is 4.79 Å². The minimum Gasteiger partial charge on any atom is -0.444 e. The molecule has 0 bridgehead atoms. The highest BCUT2D eigenvalue weighted by Gasteiger charge is 2.41. The van der Waals surface area contributed by atoms with Crippen LogP contribution in [0, 0.1) is 5.41 Å². The SMILES string of the molecule is CC(=O)N1C[C@H](NC(=O)OC(C)(C)C)C(C)(C)C1. The third-order valence-electron chi connectivity index (χ3n) is 3.08. The smallest absolute Gasteiger partial charge is 0.407 e. The number of amides is 2. The molecule has 0 unspecified atom stereocenters. The number of carbonyl (C=O) groups excluding carboxylic acids is 2. The van der Waals surface area contributed by atoms with Gasteiger partial charge in [0.1, 0.15) is 5.60 Å². The van der Waals surface area contributed by atoms with Gasteiger partial charge in [0, 0.05) is 25.4 Å². The number of likely N-dealkylation sites (tertiary alicyclic amines) is 1. The van der Waals surface area contributed by atoms with Crippen molar-refractivity contribution in [3.05, 3.63) is 0 Å². The van der Waals surface area contributed by atoms with Crippen LogP contribution in [-0.4, -0.2) is 41.6 Å². The van der Waals surface area contributed by atoms with Gasteiger partial charge in [0.25, 0.3) is 0 Å². The summed E-state index contributed by atoms with van der Waals surface area (Å²) in [6, 6.07) is -0.0729. The third kappa shape index (κ3) is 3.89. The second kappa shape index (κ2) is 4.78. The van der Waals surface area contributed by atoms with Crippen LogP contribution < -0.4 is 5.32 Å². The van der Waals surface area contributed by atoms with E-state index in [1.807, 2.05) is 34.6 Å². The molecule has 1 N–H and O–H groups in total. The maximum absolute atomic E-state index is 11.7. The van der Waals surface area contributed by atoms with Crippen LogP contribution in [0.2, 0.25) is 0 Å². The first-order valence-electron chi connectivity index (χ1n) is 6.26. The van der Waals surface area contributed by atoms with E-state index < -0.39 is 11.7 Å². The molecule has 5 nitrogen and oxygen atoms in total. The van der Waals surface area contributed by atoms with Gasteiger partial charge >= 0.3 is 6.09 Å². The van der Waals surface area contributed by atoms with E-state index in [4.69, 9.17) is 4.74 Å². The zero-order valence-corrected chi connectivity index (χ0v) is 12.2. The van der Waals surface area contributed by atoms with Gasteiger partial charge in [-0.1, -0.05) is 13.8 Å². The van der Waals surface area contributed by atoms with E-state index in [1.54, 1.807) is 11.8 Å². The third-order valence-corrected chi connectivity index (χ3v) is 3.08. The Hall–Kier alpha value is -1.26. The van der Waals surface area contributed by atoms with Crippen molar-refractivity contribution in [2.45, 2.75) is 53.2 Å².